The zero-order valence-electron chi connectivity index (χ0n) is 12.1. The fourth-order valence-corrected chi connectivity index (χ4v) is 2.69. The van der Waals surface area contributed by atoms with Crippen molar-refractivity contribution in [1.82, 2.24) is 9.88 Å². The fraction of sp³-hybridized carbons (Fsp3) is 0.571. The number of aliphatic hydroxyl groups excluding tert-OH is 1. The summed E-state index contributed by atoms with van der Waals surface area (Å²) in [6.45, 7) is 3.08. The highest BCUT2D eigenvalue weighted by atomic mass is 16.4. The van der Waals surface area contributed by atoms with E-state index in [9.17, 15) is 9.90 Å². The smallest absolute Gasteiger partial charge is 0.335 e. The first-order chi connectivity index (χ1) is 9.36. The molecule has 2 N–H and O–H groups in total. The largest absolute Gasteiger partial charge is 0.478 e. The number of aryl methyl sites for hydroxylation is 1. The van der Waals surface area contributed by atoms with Crippen molar-refractivity contribution in [2.45, 2.75) is 25.5 Å². The Labute approximate surface area is 118 Å². The van der Waals surface area contributed by atoms with Crippen molar-refractivity contribution in [3.8, 4) is 0 Å². The van der Waals surface area contributed by atoms with Crippen molar-refractivity contribution in [3.63, 3.8) is 0 Å². The molecule has 0 spiro atoms. The van der Waals surface area contributed by atoms with E-state index in [4.69, 9.17) is 5.11 Å². The monoisotopic (exact) mass is 279 g/mol. The molecule has 0 aromatic carbocycles. The van der Waals surface area contributed by atoms with E-state index < -0.39 is 12.1 Å². The van der Waals surface area contributed by atoms with Crippen LogP contribution in [0.4, 0.5) is 5.82 Å². The third-order valence-corrected chi connectivity index (χ3v) is 3.45. The van der Waals surface area contributed by atoms with Crippen LogP contribution < -0.4 is 4.90 Å². The van der Waals surface area contributed by atoms with Gasteiger partial charge in [0.25, 0.3) is 0 Å². The SMILES string of the molecule is Cc1cc(C(=O)O)cc(N2CC(O)CC2CN(C)C)n1. The van der Waals surface area contributed by atoms with Crippen LogP contribution in [0.15, 0.2) is 12.1 Å². The minimum absolute atomic E-state index is 0.149. The molecule has 1 saturated heterocycles. The second-order valence-corrected chi connectivity index (χ2v) is 5.62. The van der Waals surface area contributed by atoms with Crippen molar-refractivity contribution in [2.24, 2.45) is 0 Å². The number of carbonyl (C=O) groups is 1. The summed E-state index contributed by atoms with van der Waals surface area (Å²) in [6.07, 6.45) is 0.284. The van der Waals surface area contributed by atoms with Crippen LogP contribution in [0.3, 0.4) is 0 Å². The Hall–Kier alpha value is -1.66. The minimum Gasteiger partial charge on any atom is -0.478 e. The van der Waals surface area contributed by atoms with Crippen LogP contribution in [-0.2, 0) is 0 Å². The number of nitrogens with zero attached hydrogens (tertiary/aromatic N) is 3. The molecule has 1 aromatic rings. The molecule has 2 unspecified atom stereocenters. The van der Waals surface area contributed by atoms with Crippen LogP contribution in [-0.4, -0.2) is 65.4 Å². The number of β-amino-alcohol motifs (C(OH)–C–C–N with tert-alkyl or cyclic N) is 1. The zero-order valence-corrected chi connectivity index (χ0v) is 12.1. The molecule has 20 heavy (non-hydrogen) atoms. The van der Waals surface area contributed by atoms with Gasteiger partial charge in [0.2, 0.25) is 0 Å². The van der Waals surface area contributed by atoms with Crippen molar-refractivity contribution < 1.29 is 15.0 Å². The van der Waals surface area contributed by atoms with Crippen molar-refractivity contribution in [3.05, 3.63) is 23.4 Å². The van der Waals surface area contributed by atoms with Gasteiger partial charge in [-0.25, -0.2) is 9.78 Å². The Kier molecular flexibility index (Phi) is 4.25. The first-order valence-electron chi connectivity index (χ1n) is 6.68. The van der Waals surface area contributed by atoms with Crippen LogP contribution in [0.2, 0.25) is 0 Å². The van der Waals surface area contributed by atoms with E-state index in [2.05, 4.69) is 9.88 Å². The maximum absolute atomic E-state index is 11.1. The topological polar surface area (TPSA) is 76.9 Å². The number of likely N-dealkylation sites (N-methyl/N-ethyl adjacent to an activating group) is 1. The Bertz CT molecular complexity index is 504. The molecule has 110 valence electrons. The number of aliphatic hydroxyl groups is 1. The number of carboxylic acids is 1. The Morgan fingerprint density at radius 1 is 1.50 bits per heavy atom. The molecule has 1 aromatic heterocycles. The highest BCUT2D eigenvalue weighted by molar-refractivity contribution is 5.88. The van der Waals surface area contributed by atoms with Crippen LogP contribution in [0, 0.1) is 6.92 Å². The molecule has 2 atom stereocenters. The average Bonchev–Trinajstić information content (AvgIpc) is 2.68. The summed E-state index contributed by atoms with van der Waals surface area (Å²) in [6, 6.07) is 3.28. The number of pyridine rings is 1. The molecule has 0 saturated carbocycles. The first-order valence-corrected chi connectivity index (χ1v) is 6.68. The molecule has 6 heteroatoms. The van der Waals surface area contributed by atoms with Crippen molar-refractivity contribution >= 4 is 11.8 Å². The molecule has 1 aliphatic rings. The van der Waals surface area contributed by atoms with Gasteiger partial charge in [0.1, 0.15) is 5.82 Å². The molecule has 0 bridgehead atoms. The van der Waals surface area contributed by atoms with E-state index in [1.807, 2.05) is 19.0 Å². The summed E-state index contributed by atoms with van der Waals surface area (Å²) < 4.78 is 0. The predicted octanol–water partition coefficient (Wildman–Crippen LogP) is 0.589. The quantitative estimate of drug-likeness (QED) is 0.840. The molecule has 0 amide bonds. The second kappa shape index (κ2) is 5.76. The third kappa shape index (κ3) is 3.26. The van der Waals surface area contributed by atoms with E-state index >= 15 is 0 Å². The lowest BCUT2D eigenvalue weighted by molar-refractivity contribution is 0.0696. The van der Waals surface area contributed by atoms with E-state index in [0.29, 0.717) is 24.5 Å². The van der Waals surface area contributed by atoms with Crippen LogP contribution in [0.5, 0.6) is 0 Å². The van der Waals surface area contributed by atoms with Gasteiger partial charge in [0.15, 0.2) is 0 Å². The standard InChI is InChI=1S/C14H21N3O3/c1-9-4-10(14(19)20)5-13(15-9)17-8-12(18)6-11(17)7-16(2)3/h4-5,11-12,18H,6-8H2,1-3H3,(H,19,20). The minimum atomic E-state index is -0.958. The van der Waals surface area contributed by atoms with E-state index in [1.54, 1.807) is 19.1 Å². The molecular formula is C14H21N3O3. The summed E-state index contributed by atoms with van der Waals surface area (Å²) in [5.41, 5.74) is 0.905. The summed E-state index contributed by atoms with van der Waals surface area (Å²) in [5.74, 6) is -0.327. The van der Waals surface area contributed by atoms with Crippen molar-refractivity contribution in [1.29, 1.82) is 0 Å². The maximum Gasteiger partial charge on any atom is 0.335 e. The summed E-state index contributed by atoms with van der Waals surface area (Å²) >= 11 is 0. The summed E-state index contributed by atoms with van der Waals surface area (Å²) in [5, 5.41) is 19.0. The lowest BCUT2D eigenvalue weighted by Gasteiger charge is -2.28. The van der Waals surface area contributed by atoms with Crippen molar-refractivity contribution in [2.75, 3.05) is 32.1 Å². The number of aromatic carboxylic acids is 1. The normalized spacial score (nSPS) is 22.6. The van der Waals surface area contributed by atoms with Gasteiger partial charge in [-0.1, -0.05) is 0 Å². The van der Waals surface area contributed by atoms with Crippen LogP contribution in [0.1, 0.15) is 22.5 Å². The maximum atomic E-state index is 11.1. The van der Waals surface area contributed by atoms with Gasteiger partial charge in [-0.3, -0.25) is 0 Å². The number of hydrogen-bond donors (Lipinski definition) is 2. The van der Waals surface area contributed by atoms with Gasteiger partial charge in [-0.15, -0.1) is 0 Å². The molecule has 6 nitrogen and oxygen atoms in total. The number of anilines is 1. The predicted molar refractivity (Wildman–Crippen MR) is 76.2 cm³/mol. The van der Waals surface area contributed by atoms with E-state index in [-0.39, 0.29) is 11.6 Å². The highest BCUT2D eigenvalue weighted by Gasteiger charge is 2.32. The lowest BCUT2D eigenvalue weighted by Crippen LogP contribution is -2.38. The number of aromatic nitrogens is 1. The molecule has 2 rings (SSSR count). The molecular weight excluding hydrogens is 258 g/mol. The van der Waals surface area contributed by atoms with E-state index in [1.165, 1.54) is 0 Å². The van der Waals surface area contributed by atoms with Gasteiger partial charge < -0.3 is 20.0 Å². The molecule has 1 fully saturated rings. The van der Waals surface area contributed by atoms with Gasteiger partial charge >= 0.3 is 5.97 Å². The Morgan fingerprint density at radius 2 is 2.20 bits per heavy atom. The number of rotatable bonds is 4. The fourth-order valence-electron chi connectivity index (χ4n) is 2.69. The zero-order chi connectivity index (χ0) is 14.9. The van der Waals surface area contributed by atoms with Gasteiger partial charge in [0, 0.05) is 24.8 Å². The van der Waals surface area contributed by atoms with Crippen LogP contribution >= 0.6 is 0 Å². The Morgan fingerprint density at radius 3 is 2.80 bits per heavy atom. The van der Waals surface area contributed by atoms with Crippen LogP contribution in [0.25, 0.3) is 0 Å². The molecule has 2 heterocycles. The molecule has 0 aliphatic carbocycles. The Balaban J connectivity index is 2.31. The van der Waals surface area contributed by atoms with Gasteiger partial charge in [0.05, 0.1) is 11.7 Å². The lowest BCUT2D eigenvalue weighted by atomic mass is 10.2. The van der Waals surface area contributed by atoms with Gasteiger partial charge in [-0.2, -0.15) is 0 Å². The number of carboxylic acid groups (broad SMARTS) is 1. The van der Waals surface area contributed by atoms with Gasteiger partial charge in [-0.05, 0) is 39.6 Å². The first kappa shape index (κ1) is 14.7. The molecule has 1 aliphatic heterocycles. The highest BCUT2D eigenvalue weighted by Crippen LogP contribution is 2.26. The summed E-state index contributed by atoms with van der Waals surface area (Å²) in [7, 11) is 3.96. The summed E-state index contributed by atoms with van der Waals surface area (Å²) in [4.78, 5) is 19.6. The second-order valence-electron chi connectivity index (χ2n) is 5.62. The molecule has 0 radical (unpaired) electrons. The average molecular weight is 279 g/mol. The van der Waals surface area contributed by atoms with E-state index in [0.717, 1.165) is 6.54 Å². The number of hydrogen-bond acceptors (Lipinski definition) is 5. The third-order valence-electron chi connectivity index (χ3n) is 3.45.